The third kappa shape index (κ3) is 6.68. The lowest BCUT2D eigenvalue weighted by Gasteiger charge is -2.08. The highest BCUT2D eigenvalue weighted by Gasteiger charge is 2.08. The van der Waals surface area contributed by atoms with Crippen LogP contribution in [0.5, 0.6) is 0 Å². The zero-order chi connectivity index (χ0) is 18.2. The van der Waals surface area contributed by atoms with Crippen molar-refractivity contribution in [3.8, 4) is 0 Å². The van der Waals surface area contributed by atoms with Gasteiger partial charge in [0.05, 0.1) is 6.21 Å². The molecule has 7 heteroatoms. The zero-order valence-corrected chi connectivity index (χ0v) is 15.9. The molecule has 0 saturated carbocycles. The Morgan fingerprint density at radius 1 is 1.12 bits per heavy atom. The summed E-state index contributed by atoms with van der Waals surface area (Å²) in [4.78, 5) is 23.7. The van der Waals surface area contributed by atoms with Crippen LogP contribution in [0.2, 0.25) is 5.02 Å². The minimum Gasteiger partial charge on any atom is -0.326 e. The van der Waals surface area contributed by atoms with Crippen LogP contribution in [0, 0.1) is 6.92 Å². The Morgan fingerprint density at radius 3 is 2.52 bits per heavy atom. The maximum Gasteiger partial charge on any atom is 0.240 e. The van der Waals surface area contributed by atoms with Gasteiger partial charge in [0.2, 0.25) is 11.8 Å². The maximum absolute atomic E-state index is 11.9. The SMILES string of the molecule is Cc1ccc(Cl)cc1NC(=O)CCC(=O)N/N=C/c1ccc(Br)cc1. The predicted octanol–water partition coefficient (Wildman–Crippen LogP) is 4.28. The molecule has 2 aromatic rings. The van der Waals surface area contributed by atoms with E-state index in [1.165, 1.54) is 0 Å². The second-order valence-electron chi connectivity index (χ2n) is 5.35. The first-order valence-electron chi connectivity index (χ1n) is 7.57. The van der Waals surface area contributed by atoms with Crippen LogP contribution in [-0.2, 0) is 9.59 Å². The fourth-order valence-corrected chi connectivity index (χ4v) is 2.39. The number of nitrogens with zero attached hydrogens (tertiary/aromatic N) is 1. The number of halogens is 2. The zero-order valence-electron chi connectivity index (χ0n) is 13.6. The van der Waals surface area contributed by atoms with Crippen molar-refractivity contribution < 1.29 is 9.59 Å². The van der Waals surface area contributed by atoms with Crippen molar-refractivity contribution in [1.29, 1.82) is 0 Å². The molecule has 0 radical (unpaired) electrons. The Labute approximate surface area is 159 Å². The van der Waals surface area contributed by atoms with Gasteiger partial charge in [-0.05, 0) is 42.3 Å². The molecule has 130 valence electrons. The fourth-order valence-electron chi connectivity index (χ4n) is 1.95. The van der Waals surface area contributed by atoms with Crippen molar-refractivity contribution in [1.82, 2.24) is 5.43 Å². The molecule has 25 heavy (non-hydrogen) atoms. The van der Waals surface area contributed by atoms with Crippen molar-refractivity contribution in [3.63, 3.8) is 0 Å². The summed E-state index contributed by atoms with van der Waals surface area (Å²) in [6.07, 6.45) is 1.65. The van der Waals surface area contributed by atoms with E-state index in [2.05, 4.69) is 31.8 Å². The number of anilines is 1. The number of aryl methyl sites for hydroxylation is 1. The highest BCUT2D eigenvalue weighted by atomic mass is 79.9. The summed E-state index contributed by atoms with van der Waals surface area (Å²) in [5.74, 6) is -0.580. The standard InChI is InChI=1S/C18H17BrClN3O2/c1-12-2-7-15(20)10-16(12)22-17(24)8-9-18(25)23-21-11-13-3-5-14(19)6-4-13/h2-7,10-11H,8-9H2,1H3,(H,22,24)(H,23,25)/b21-11+. The van der Waals surface area contributed by atoms with Crippen LogP contribution < -0.4 is 10.7 Å². The van der Waals surface area contributed by atoms with E-state index < -0.39 is 0 Å². The van der Waals surface area contributed by atoms with Crippen LogP contribution >= 0.6 is 27.5 Å². The molecule has 0 fully saturated rings. The van der Waals surface area contributed by atoms with E-state index in [1.807, 2.05) is 37.3 Å². The summed E-state index contributed by atoms with van der Waals surface area (Å²) in [5.41, 5.74) is 4.81. The van der Waals surface area contributed by atoms with Gasteiger partial charge in [-0.15, -0.1) is 0 Å². The van der Waals surface area contributed by atoms with Gasteiger partial charge < -0.3 is 5.32 Å². The lowest BCUT2D eigenvalue weighted by atomic mass is 10.2. The highest BCUT2D eigenvalue weighted by molar-refractivity contribution is 9.10. The number of rotatable bonds is 6. The molecule has 0 spiro atoms. The average Bonchev–Trinajstić information content (AvgIpc) is 2.58. The van der Waals surface area contributed by atoms with Crippen molar-refractivity contribution in [3.05, 3.63) is 63.1 Å². The van der Waals surface area contributed by atoms with Crippen LogP contribution in [0.15, 0.2) is 52.0 Å². The molecule has 0 atom stereocenters. The van der Waals surface area contributed by atoms with Gasteiger partial charge in [-0.1, -0.05) is 45.7 Å². The Kier molecular flexibility index (Phi) is 7.16. The van der Waals surface area contributed by atoms with Crippen LogP contribution in [-0.4, -0.2) is 18.0 Å². The van der Waals surface area contributed by atoms with Gasteiger partial charge in [0.15, 0.2) is 0 Å². The topological polar surface area (TPSA) is 70.6 Å². The number of hydrogen-bond acceptors (Lipinski definition) is 3. The normalized spacial score (nSPS) is 10.7. The average molecular weight is 423 g/mol. The summed E-state index contributed by atoms with van der Waals surface area (Å²) in [7, 11) is 0. The summed E-state index contributed by atoms with van der Waals surface area (Å²) < 4.78 is 0.967. The Morgan fingerprint density at radius 2 is 1.80 bits per heavy atom. The van der Waals surface area contributed by atoms with E-state index in [4.69, 9.17) is 11.6 Å². The number of nitrogens with one attached hydrogen (secondary N) is 2. The molecule has 0 aromatic heterocycles. The summed E-state index contributed by atoms with van der Waals surface area (Å²) in [6, 6.07) is 12.7. The molecule has 2 N–H and O–H groups in total. The molecule has 5 nitrogen and oxygen atoms in total. The van der Waals surface area contributed by atoms with Crippen molar-refractivity contribution in [2.24, 2.45) is 5.10 Å². The van der Waals surface area contributed by atoms with Gasteiger partial charge in [0, 0.05) is 28.0 Å². The van der Waals surface area contributed by atoms with Crippen molar-refractivity contribution >= 4 is 51.2 Å². The molecule has 0 aliphatic heterocycles. The summed E-state index contributed by atoms with van der Waals surface area (Å²) in [5, 5.41) is 7.16. The first-order chi connectivity index (χ1) is 11.9. The van der Waals surface area contributed by atoms with Crippen molar-refractivity contribution in [2.75, 3.05) is 5.32 Å². The van der Waals surface area contributed by atoms with E-state index in [-0.39, 0.29) is 24.7 Å². The van der Waals surface area contributed by atoms with Crippen LogP contribution in [0.4, 0.5) is 5.69 Å². The number of benzene rings is 2. The molecule has 0 bridgehead atoms. The van der Waals surface area contributed by atoms with Gasteiger partial charge in [0.25, 0.3) is 0 Å². The molecule has 2 rings (SSSR count). The van der Waals surface area contributed by atoms with Gasteiger partial charge in [-0.2, -0.15) is 5.10 Å². The molecule has 0 saturated heterocycles. The first-order valence-corrected chi connectivity index (χ1v) is 8.74. The van der Waals surface area contributed by atoms with E-state index in [0.29, 0.717) is 10.7 Å². The second-order valence-corrected chi connectivity index (χ2v) is 6.70. The summed E-state index contributed by atoms with van der Waals surface area (Å²) in [6.45, 7) is 1.87. The predicted molar refractivity (Wildman–Crippen MR) is 104 cm³/mol. The van der Waals surface area contributed by atoms with Crippen LogP contribution in [0.25, 0.3) is 0 Å². The number of hydrogen-bond donors (Lipinski definition) is 2. The maximum atomic E-state index is 11.9. The summed E-state index contributed by atoms with van der Waals surface area (Å²) >= 11 is 9.25. The minimum atomic E-state index is -0.327. The Hall–Kier alpha value is -2.18. The Balaban J connectivity index is 1.76. The Bertz CT molecular complexity index is 791. The van der Waals surface area contributed by atoms with E-state index in [0.717, 1.165) is 15.6 Å². The largest absolute Gasteiger partial charge is 0.326 e. The highest BCUT2D eigenvalue weighted by Crippen LogP contribution is 2.20. The smallest absolute Gasteiger partial charge is 0.240 e. The van der Waals surface area contributed by atoms with E-state index in [9.17, 15) is 9.59 Å². The van der Waals surface area contributed by atoms with Gasteiger partial charge in [-0.25, -0.2) is 5.43 Å². The lowest BCUT2D eigenvalue weighted by molar-refractivity contribution is -0.124. The second kappa shape index (κ2) is 9.34. The van der Waals surface area contributed by atoms with Gasteiger partial charge in [0.1, 0.15) is 0 Å². The molecule has 2 amide bonds. The monoisotopic (exact) mass is 421 g/mol. The first kappa shape index (κ1) is 19.1. The van der Waals surface area contributed by atoms with Crippen molar-refractivity contribution in [2.45, 2.75) is 19.8 Å². The molecular weight excluding hydrogens is 406 g/mol. The number of carbonyl (C=O) groups is 2. The molecule has 0 heterocycles. The number of carbonyl (C=O) groups excluding carboxylic acids is 2. The van der Waals surface area contributed by atoms with Crippen LogP contribution in [0.3, 0.4) is 0 Å². The van der Waals surface area contributed by atoms with Gasteiger partial charge >= 0.3 is 0 Å². The van der Waals surface area contributed by atoms with E-state index in [1.54, 1.807) is 18.3 Å². The molecular formula is C18H17BrClN3O2. The molecule has 0 aliphatic rings. The third-order valence-corrected chi connectivity index (χ3v) is 4.09. The minimum absolute atomic E-state index is 0.0448. The fraction of sp³-hybridized carbons (Fsp3) is 0.167. The number of amides is 2. The lowest BCUT2D eigenvalue weighted by Crippen LogP contribution is -2.20. The van der Waals surface area contributed by atoms with Crippen LogP contribution in [0.1, 0.15) is 24.0 Å². The van der Waals surface area contributed by atoms with E-state index >= 15 is 0 Å². The third-order valence-electron chi connectivity index (χ3n) is 3.33. The molecule has 0 aliphatic carbocycles. The molecule has 2 aromatic carbocycles. The number of hydrazone groups is 1. The van der Waals surface area contributed by atoms with Gasteiger partial charge in [-0.3, -0.25) is 9.59 Å². The molecule has 0 unspecified atom stereocenters. The quantitative estimate of drug-likeness (QED) is 0.539.